The second-order valence-electron chi connectivity index (χ2n) is 4.38. The molecule has 0 saturated carbocycles. The SMILES string of the molecule is CC(=Nc1ccc(Cl)cc1)Nc1ccc(Cl)cc1.[CH3][Ga][CH3]. The Morgan fingerprint density at radius 3 is 1.81 bits per heavy atom. The van der Waals surface area contributed by atoms with Crippen molar-refractivity contribution in [1.29, 1.82) is 0 Å². The third-order valence-electron chi connectivity index (χ3n) is 2.29. The normalized spacial score (nSPS) is 10.4. The number of nitrogens with zero attached hydrogens (tertiary/aromatic N) is 1. The second-order valence-corrected chi connectivity index (χ2v) is 7.68. The number of anilines is 1. The van der Waals surface area contributed by atoms with Gasteiger partial charge >= 0.3 is 28.4 Å². The molecule has 2 nitrogen and oxygen atoms in total. The van der Waals surface area contributed by atoms with Crippen molar-refractivity contribution in [2.24, 2.45) is 4.99 Å². The summed E-state index contributed by atoms with van der Waals surface area (Å²) in [5.74, 6) is 0.805. The second kappa shape index (κ2) is 9.95. The first-order valence-corrected chi connectivity index (χ1v) is 12.2. The van der Waals surface area contributed by atoms with E-state index in [4.69, 9.17) is 23.2 Å². The molecule has 0 heterocycles. The van der Waals surface area contributed by atoms with Crippen LogP contribution in [0.3, 0.4) is 0 Å². The summed E-state index contributed by atoms with van der Waals surface area (Å²) in [6.07, 6.45) is 0. The first kappa shape index (κ1) is 18.2. The summed E-state index contributed by atoms with van der Waals surface area (Å²) in [5, 5.41) is 4.61. The number of aliphatic imine (C=N–C) groups is 1. The predicted octanol–water partition coefficient (Wildman–Crippen LogP) is 5.94. The van der Waals surface area contributed by atoms with Gasteiger partial charge in [-0.05, 0) is 55.5 Å². The molecule has 109 valence electrons. The maximum atomic E-state index is 5.82. The Bertz CT molecular complexity index is 566. The molecule has 0 bridgehead atoms. The number of hydrogen-bond acceptors (Lipinski definition) is 1. The third kappa shape index (κ3) is 7.62. The monoisotopic (exact) mass is 377 g/mol. The molecule has 2 rings (SSSR count). The Morgan fingerprint density at radius 2 is 1.33 bits per heavy atom. The Hall–Kier alpha value is -0.874. The minimum absolute atomic E-state index is 0.312. The molecule has 0 aliphatic heterocycles. The van der Waals surface area contributed by atoms with Gasteiger partial charge in [-0.25, -0.2) is 4.99 Å². The van der Waals surface area contributed by atoms with Crippen molar-refractivity contribution in [3.63, 3.8) is 0 Å². The Morgan fingerprint density at radius 1 is 0.905 bits per heavy atom. The van der Waals surface area contributed by atoms with Gasteiger partial charge in [0.25, 0.3) is 0 Å². The molecule has 1 N–H and O–H groups in total. The molecule has 0 fully saturated rings. The standard InChI is InChI=1S/C14H12Cl2N2.2CH3.Ga/c1-10(17-13-6-2-11(15)3-7-13)18-14-8-4-12(16)5-9-14;;;/h2-9H,1H3,(H,17,18);2*1H3;. The number of hydrogen-bond donors (Lipinski definition) is 1. The van der Waals surface area contributed by atoms with E-state index in [1.54, 1.807) is 0 Å². The number of halogens is 2. The molecule has 1 radical (unpaired) electrons. The molecule has 0 saturated heterocycles. The summed E-state index contributed by atoms with van der Waals surface area (Å²) < 4.78 is 0. The zero-order valence-electron chi connectivity index (χ0n) is 12.4. The fourth-order valence-electron chi connectivity index (χ4n) is 1.48. The van der Waals surface area contributed by atoms with Gasteiger partial charge in [-0.2, -0.15) is 0 Å². The molecule has 0 unspecified atom stereocenters. The molecule has 21 heavy (non-hydrogen) atoms. The Kier molecular flexibility index (Phi) is 8.62. The van der Waals surface area contributed by atoms with Crippen LogP contribution in [0.15, 0.2) is 53.5 Å². The molecule has 0 atom stereocenters. The Labute approximate surface area is 144 Å². The van der Waals surface area contributed by atoms with E-state index >= 15 is 0 Å². The summed E-state index contributed by atoms with van der Waals surface area (Å²) in [6, 6.07) is 14.8. The quantitative estimate of drug-likeness (QED) is 0.390. The van der Waals surface area contributed by atoms with Gasteiger partial charge in [-0.3, -0.25) is 0 Å². The zero-order valence-corrected chi connectivity index (χ0v) is 16.3. The summed E-state index contributed by atoms with van der Waals surface area (Å²) in [6.45, 7) is 1.91. The van der Waals surface area contributed by atoms with Crippen molar-refractivity contribution < 1.29 is 0 Å². The van der Waals surface area contributed by atoms with Crippen LogP contribution in [0, 0.1) is 0 Å². The van der Waals surface area contributed by atoms with Crippen molar-refractivity contribution >= 4 is 57.8 Å². The van der Waals surface area contributed by atoms with Crippen molar-refractivity contribution in [3.8, 4) is 0 Å². The topological polar surface area (TPSA) is 24.4 Å². The molecule has 0 aromatic heterocycles. The average molecular weight is 379 g/mol. The van der Waals surface area contributed by atoms with Crippen LogP contribution in [-0.4, -0.2) is 23.2 Å². The van der Waals surface area contributed by atoms with E-state index < -0.39 is 0 Å². The van der Waals surface area contributed by atoms with Crippen LogP contribution in [0.5, 0.6) is 0 Å². The number of rotatable bonds is 2. The van der Waals surface area contributed by atoms with Crippen LogP contribution in [0.1, 0.15) is 6.92 Å². The molecule has 0 amide bonds. The van der Waals surface area contributed by atoms with Gasteiger partial charge in [0, 0.05) is 15.7 Å². The summed E-state index contributed by atoms with van der Waals surface area (Å²) >= 11 is 12.0. The molecule has 2 aromatic carbocycles. The van der Waals surface area contributed by atoms with E-state index in [1.165, 1.54) is 0 Å². The van der Waals surface area contributed by atoms with Gasteiger partial charge in [0.2, 0.25) is 0 Å². The van der Waals surface area contributed by atoms with Gasteiger partial charge in [-0.1, -0.05) is 23.2 Å². The fourth-order valence-corrected chi connectivity index (χ4v) is 1.73. The van der Waals surface area contributed by atoms with Crippen LogP contribution < -0.4 is 5.32 Å². The zero-order chi connectivity index (χ0) is 15.7. The number of benzene rings is 2. The fraction of sp³-hybridized carbons (Fsp3) is 0.188. The molecule has 5 heteroatoms. The van der Waals surface area contributed by atoms with E-state index in [1.807, 2.05) is 55.5 Å². The van der Waals surface area contributed by atoms with Crippen molar-refractivity contribution in [2.45, 2.75) is 17.9 Å². The van der Waals surface area contributed by atoms with Crippen LogP contribution in [0.2, 0.25) is 21.0 Å². The number of nitrogens with one attached hydrogen (secondary N) is 1. The van der Waals surface area contributed by atoms with Crippen LogP contribution in [0.25, 0.3) is 0 Å². The van der Waals surface area contributed by atoms with Crippen LogP contribution >= 0.6 is 23.2 Å². The van der Waals surface area contributed by atoms with Gasteiger partial charge in [0.1, 0.15) is 5.84 Å². The maximum absolute atomic E-state index is 5.82. The van der Waals surface area contributed by atoms with Crippen LogP contribution in [0.4, 0.5) is 11.4 Å². The molecule has 0 aliphatic carbocycles. The van der Waals surface area contributed by atoms with Gasteiger partial charge < -0.3 is 5.32 Å². The first-order valence-electron chi connectivity index (χ1n) is 6.62. The number of amidine groups is 1. The van der Waals surface area contributed by atoms with E-state index in [9.17, 15) is 0 Å². The molecule has 2 aromatic rings. The van der Waals surface area contributed by atoms with Crippen LogP contribution in [-0.2, 0) is 0 Å². The molecule has 0 aliphatic rings. The van der Waals surface area contributed by atoms with Gasteiger partial charge in [0.15, 0.2) is 0 Å². The van der Waals surface area contributed by atoms with Crippen molar-refractivity contribution in [2.75, 3.05) is 5.32 Å². The van der Waals surface area contributed by atoms with Crippen molar-refractivity contribution in [1.82, 2.24) is 0 Å². The average Bonchev–Trinajstić information content (AvgIpc) is 2.45. The third-order valence-corrected chi connectivity index (χ3v) is 2.80. The first-order chi connectivity index (χ1) is 10.0. The van der Waals surface area contributed by atoms with Gasteiger partial charge in [0.05, 0.1) is 5.69 Å². The minimum atomic E-state index is 0.312. The summed E-state index contributed by atoms with van der Waals surface area (Å²) in [7, 11) is 0. The van der Waals surface area contributed by atoms with Gasteiger partial charge in [-0.15, -0.1) is 0 Å². The summed E-state index contributed by atoms with van der Waals surface area (Å²) in [4.78, 5) is 4.43. The predicted molar refractivity (Wildman–Crippen MR) is 96.8 cm³/mol. The van der Waals surface area contributed by atoms with E-state index in [2.05, 4.69) is 21.3 Å². The molecular weight excluding hydrogens is 361 g/mol. The van der Waals surface area contributed by atoms with E-state index in [-0.39, 0.29) is 0 Å². The molecular formula is C16H18Cl2GaN2. The van der Waals surface area contributed by atoms with E-state index in [0.717, 1.165) is 17.2 Å². The Balaban J connectivity index is 0.000000677. The summed E-state index contributed by atoms with van der Waals surface area (Å²) in [5.41, 5.74) is 6.38. The molecule has 0 spiro atoms. The van der Waals surface area contributed by atoms with E-state index in [0.29, 0.717) is 27.5 Å². The van der Waals surface area contributed by atoms with Crippen molar-refractivity contribution in [3.05, 3.63) is 58.6 Å².